The Morgan fingerprint density at radius 3 is 1.67 bits per heavy atom. The molecular weight excluding hydrogens is 152 g/mol. The van der Waals surface area contributed by atoms with Crippen LogP contribution < -0.4 is 0 Å². The van der Waals surface area contributed by atoms with Crippen molar-refractivity contribution in [3.63, 3.8) is 0 Å². The van der Waals surface area contributed by atoms with E-state index in [-0.39, 0.29) is 0 Å². The lowest BCUT2D eigenvalue weighted by Crippen LogP contribution is -2.19. The Hall–Kier alpha value is -0.920. The molecule has 2 nitrogen and oxygen atoms in total. The van der Waals surface area contributed by atoms with Crippen molar-refractivity contribution in [3.05, 3.63) is 24.7 Å². The molecule has 0 aliphatic carbocycles. The molecule has 66 valence electrons. The van der Waals surface area contributed by atoms with Crippen LogP contribution in [0.3, 0.4) is 0 Å². The minimum absolute atomic E-state index is 0.666. The summed E-state index contributed by atoms with van der Waals surface area (Å²) in [5.74, 6) is 1.33. The predicted octanol–water partition coefficient (Wildman–Crippen LogP) is 2.09. The lowest BCUT2D eigenvalue weighted by atomic mass is 9.86. The van der Waals surface area contributed by atoms with Crippen molar-refractivity contribution in [1.82, 2.24) is 0 Å². The van der Waals surface area contributed by atoms with Crippen LogP contribution in [0.1, 0.15) is 12.8 Å². The van der Waals surface area contributed by atoms with Gasteiger partial charge in [0.25, 0.3) is 0 Å². The van der Waals surface area contributed by atoms with Gasteiger partial charge in [0.2, 0.25) is 0 Å². The van der Waals surface area contributed by atoms with Crippen molar-refractivity contribution in [1.29, 1.82) is 0 Å². The van der Waals surface area contributed by atoms with Gasteiger partial charge in [-0.2, -0.15) is 0 Å². The molecule has 2 aliphatic heterocycles. The third-order valence-corrected chi connectivity index (χ3v) is 2.53. The van der Waals surface area contributed by atoms with Gasteiger partial charge in [0.05, 0.1) is 25.7 Å². The zero-order chi connectivity index (χ0) is 8.23. The lowest BCUT2D eigenvalue weighted by molar-refractivity contribution is 0.160. The molecule has 2 aliphatic rings. The number of hydrogen-bond donors (Lipinski definition) is 0. The molecule has 2 heteroatoms. The van der Waals surface area contributed by atoms with Crippen molar-refractivity contribution in [3.8, 4) is 0 Å². The van der Waals surface area contributed by atoms with Gasteiger partial charge in [-0.15, -0.1) is 0 Å². The van der Waals surface area contributed by atoms with Gasteiger partial charge in [-0.05, 0) is 36.8 Å². The van der Waals surface area contributed by atoms with E-state index in [0.717, 1.165) is 26.1 Å². The van der Waals surface area contributed by atoms with Gasteiger partial charge in [-0.3, -0.25) is 0 Å². The molecule has 0 spiro atoms. The van der Waals surface area contributed by atoms with E-state index in [9.17, 15) is 0 Å². The summed E-state index contributed by atoms with van der Waals surface area (Å²) in [5.41, 5.74) is 0. The van der Waals surface area contributed by atoms with Crippen LogP contribution in [0.4, 0.5) is 0 Å². The third-order valence-electron chi connectivity index (χ3n) is 2.53. The zero-order valence-corrected chi connectivity index (χ0v) is 7.11. The number of hydrogen-bond acceptors (Lipinski definition) is 2. The maximum Gasteiger partial charge on any atom is 0.0879 e. The Morgan fingerprint density at radius 1 is 0.833 bits per heavy atom. The second-order valence-electron chi connectivity index (χ2n) is 3.30. The van der Waals surface area contributed by atoms with Gasteiger partial charge in [-0.1, -0.05) is 0 Å². The summed E-state index contributed by atoms with van der Waals surface area (Å²) in [6.07, 6.45) is 10.3. The number of allylic oxidation sites excluding steroid dienone is 2. The molecule has 0 amide bonds. The van der Waals surface area contributed by atoms with Crippen LogP contribution in [0, 0.1) is 11.8 Å². The largest absolute Gasteiger partial charge is 0.501 e. The standard InChI is InChI=1S/C10H14O2/c1-5-11-6-2-9(1)10-3-7-12-8-4-10/h1,3,5,7,9-10H,2,4,6,8H2. The molecule has 0 aromatic carbocycles. The second kappa shape index (κ2) is 3.65. The van der Waals surface area contributed by atoms with E-state index in [0.29, 0.717) is 11.8 Å². The van der Waals surface area contributed by atoms with Gasteiger partial charge in [0, 0.05) is 0 Å². The fraction of sp³-hybridized carbons (Fsp3) is 0.600. The van der Waals surface area contributed by atoms with E-state index in [1.54, 1.807) is 0 Å². The quantitative estimate of drug-likeness (QED) is 0.593. The van der Waals surface area contributed by atoms with E-state index in [1.165, 1.54) is 0 Å². The summed E-state index contributed by atoms with van der Waals surface area (Å²) in [5, 5.41) is 0. The van der Waals surface area contributed by atoms with Gasteiger partial charge in [0.1, 0.15) is 0 Å². The van der Waals surface area contributed by atoms with Crippen LogP contribution in [0.25, 0.3) is 0 Å². The van der Waals surface area contributed by atoms with Gasteiger partial charge in [0.15, 0.2) is 0 Å². The van der Waals surface area contributed by atoms with Crippen LogP contribution in [0.2, 0.25) is 0 Å². The van der Waals surface area contributed by atoms with Crippen LogP contribution in [0.15, 0.2) is 24.7 Å². The minimum Gasteiger partial charge on any atom is -0.501 e. The highest BCUT2D eigenvalue weighted by Gasteiger charge is 2.20. The van der Waals surface area contributed by atoms with Crippen molar-refractivity contribution < 1.29 is 9.47 Å². The summed E-state index contributed by atoms with van der Waals surface area (Å²) in [6.45, 7) is 1.73. The SMILES string of the molecule is C1=CC(C2C=COCC2)CCO1. The van der Waals surface area contributed by atoms with Crippen LogP contribution in [-0.2, 0) is 9.47 Å². The predicted molar refractivity (Wildman–Crippen MR) is 46.4 cm³/mol. The average molecular weight is 166 g/mol. The molecule has 0 bridgehead atoms. The first kappa shape index (κ1) is 7.71. The normalized spacial score (nSPS) is 34.0. The Kier molecular flexibility index (Phi) is 2.35. The summed E-state index contributed by atoms with van der Waals surface area (Å²) >= 11 is 0. The molecule has 2 rings (SSSR count). The molecule has 0 radical (unpaired) electrons. The number of rotatable bonds is 1. The maximum absolute atomic E-state index is 5.15. The van der Waals surface area contributed by atoms with Gasteiger partial charge in [-0.25, -0.2) is 0 Å². The summed E-state index contributed by atoms with van der Waals surface area (Å²) < 4.78 is 10.3. The Bertz CT molecular complexity index is 174. The first-order chi connectivity index (χ1) is 5.97. The van der Waals surface area contributed by atoms with Crippen molar-refractivity contribution >= 4 is 0 Å². The monoisotopic (exact) mass is 166 g/mol. The minimum atomic E-state index is 0.666. The maximum atomic E-state index is 5.15. The van der Waals surface area contributed by atoms with Crippen LogP contribution in [-0.4, -0.2) is 13.2 Å². The van der Waals surface area contributed by atoms with Crippen LogP contribution >= 0.6 is 0 Å². The number of ether oxygens (including phenoxy) is 2. The fourth-order valence-electron chi connectivity index (χ4n) is 1.76. The van der Waals surface area contributed by atoms with Crippen molar-refractivity contribution in [2.24, 2.45) is 11.8 Å². The average Bonchev–Trinajstić information content (AvgIpc) is 2.21. The van der Waals surface area contributed by atoms with Crippen molar-refractivity contribution in [2.45, 2.75) is 12.8 Å². The molecule has 0 saturated heterocycles. The van der Waals surface area contributed by atoms with Crippen LogP contribution in [0.5, 0.6) is 0 Å². The van der Waals surface area contributed by atoms with Gasteiger partial charge >= 0.3 is 0 Å². The first-order valence-electron chi connectivity index (χ1n) is 4.53. The molecule has 0 aromatic heterocycles. The molecule has 2 heterocycles. The van der Waals surface area contributed by atoms with Gasteiger partial charge < -0.3 is 9.47 Å². The van der Waals surface area contributed by atoms with E-state index in [1.807, 2.05) is 12.5 Å². The Labute approximate surface area is 72.9 Å². The van der Waals surface area contributed by atoms with E-state index < -0.39 is 0 Å². The first-order valence-corrected chi connectivity index (χ1v) is 4.53. The smallest absolute Gasteiger partial charge is 0.0879 e. The molecule has 12 heavy (non-hydrogen) atoms. The summed E-state index contributed by atoms with van der Waals surface area (Å²) in [4.78, 5) is 0. The third kappa shape index (κ3) is 1.63. The molecule has 0 saturated carbocycles. The van der Waals surface area contributed by atoms with E-state index in [4.69, 9.17) is 9.47 Å². The summed E-state index contributed by atoms with van der Waals surface area (Å²) in [7, 11) is 0. The summed E-state index contributed by atoms with van der Waals surface area (Å²) in [6, 6.07) is 0. The highest BCUT2D eigenvalue weighted by atomic mass is 16.5. The molecular formula is C10H14O2. The Morgan fingerprint density at radius 2 is 1.33 bits per heavy atom. The van der Waals surface area contributed by atoms with E-state index in [2.05, 4.69) is 12.2 Å². The fourth-order valence-corrected chi connectivity index (χ4v) is 1.76. The lowest BCUT2D eigenvalue weighted by Gasteiger charge is -2.26. The highest BCUT2D eigenvalue weighted by Crippen LogP contribution is 2.26. The van der Waals surface area contributed by atoms with E-state index >= 15 is 0 Å². The molecule has 0 fully saturated rings. The topological polar surface area (TPSA) is 18.5 Å². The second-order valence-corrected chi connectivity index (χ2v) is 3.30. The molecule has 2 unspecified atom stereocenters. The Balaban J connectivity index is 1.97. The molecule has 0 N–H and O–H groups in total. The highest BCUT2D eigenvalue weighted by molar-refractivity contribution is 4.99. The molecule has 0 aromatic rings. The molecule has 2 atom stereocenters. The zero-order valence-electron chi connectivity index (χ0n) is 7.11. The van der Waals surface area contributed by atoms with Crippen molar-refractivity contribution in [2.75, 3.05) is 13.2 Å².